The molecule has 0 saturated carbocycles. The van der Waals surface area contributed by atoms with Gasteiger partial charge in [0, 0.05) is 18.8 Å². The second-order valence-electron chi connectivity index (χ2n) is 4.91. The highest BCUT2D eigenvalue weighted by atomic mass is 16.1. The molecule has 5 heteroatoms. The van der Waals surface area contributed by atoms with E-state index in [0.29, 0.717) is 12.1 Å². The highest BCUT2D eigenvalue weighted by molar-refractivity contribution is 5.90. The molecule has 22 heavy (non-hydrogen) atoms. The van der Waals surface area contributed by atoms with Crippen LogP contribution < -0.4 is 5.32 Å². The summed E-state index contributed by atoms with van der Waals surface area (Å²) in [5.41, 5.74) is 1.85. The van der Waals surface area contributed by atoms with E-state index in [2.05, 4.69) is 15.3 Å². The van der Waals surface area contributed by atoms with Crippen molar-refractivity contribution in [1.82, 2.24) is 14.5 Å². The molecule has 0 aliphatic heterocycles. The lowest BCUT2D eigenvalue weighted by Crippen LogP contribution is -2.12. The van der Waals surface area contributed by atoms with Crippen molar-refractivity contribution in [2.75, 3.05) is 5.32 Å². The maximum atomic E-state index is 11.9. The van der Waals surface area contributed by atoms with Crippen molar-refractivity contribution in [1.29, 1.82) is 0 Å². The summed E-state index contributed by atoms with van der Waals surface area (Å²) < 4.78 is 1.81. The zero-order valence-electron chi connectivity index (χ0n) is 12.0. The predicted molar refractivity (Wildman–Crippen MR) is 84.8 cm³/mol. The number of rotatable bonds is 5. The van der Waals surface area contributed by atoms with E-state index in [-0.39, 0.29) is 5.91 Å². The molecule has 0 bridgehead atoms. The van der Waals surface area contributed by atoms with E-state index < -0.39 is 0 Å². The number of imidazole rings is 1. The van der Waals surface area contributed by atoms with Gasteiger partial charge in [0.2, 0.25) is 5.91 Å². The Morgan fingerprint density at radius 3 is 2.68 bits per heavy atom. The minimum Gasteiger partial charge on any atom is -0.325 e. The summed E-state index contributed by atoms with van der Waals surface area (Å²) in [5, 5.41) is 2.86. The number of hydrogen-bond donors (Lipinski definition) is 1. The topological polar surface area (TPSA) is 59.8 Å². The third kappa shape index (κ3) is 3.58. The molecule has 5 nitrogen and oxygen atoms in total. The summed E-state index contributed by atoms with van der Waals surface area (Å²) in [6, 6.07) is 13.6. The molecule has 0 aliphatic carbocycles. The Bertz CT molecular complexity index is 721. The van der Waals surface area contributed by atoms with Gasteiger partial charge in [0.15, 0.2) is 0 Å². The predicted octanol–water partition coefficient (Wildman–Crippen LogP) is 2.84. The van der Waals surface area contributed by atoms with Crippen LogP contribution in [-0.4, -0.2) is 20.4 Å². The molecule has 2 aromatic heterocycles. The molecule has 3 rings (SSSR count). The van der Waals surface area contributed by atoms with Crippen molar-refractivity contribution < 1.29 is 4.79 Å². The largest absolute Gasteiger partial charge is 0.325 e. The number of pyridine rings is 1. The third-order valence-electron chi connectivity index (χ3n) is 3.28. The molecule has 0 atom stereocenters. The molecule has 0 unspecified atom stereocenters. The fourth-order valence-electron chi connectivity index (χ4n) is 2.13. The van der Waals surface area contributed by atoms with Gasteiger partial charge >= 0.3 is 0 Å². The monoisotopic (exact) mass is 292 g/mol. The SMILES string of the molecule is O=C(CCc1ccccc1)Nc1ccc(-n2ccnc2)nc1. The van der Waals surface area contributed by atoms with Crippen LogP contribution in [0.2, 0.25) is 0 Å². The van der Waals surface area contributed by atoms with E-state index in [9.17, 15) is 4.79 Å². The van der Waals surface area contributed by atoms with Crippen molar-refractivity contribution in [3.8, 4) is 5.82 Å². The molecule has 0 spiro atoms. The normalized spacial score (nSPS) is 10.4. The van der Waals surface area contributed by atoms with Crippen LogP contribution in [0, 0.1) is 0 Å². The standard InChI is InChI=1S/C17H16N4O/c22-17(9-6-14-4-2-1-3-5-14)20-15-7-8-16(19-12-15)21-11-10-18-13-21/h1-5,7-8,10-13H,6,9H2,(H,20,22). The Hall–Kier alpha value is -2.95. The molecule has 110 valence electrons. The van der Waals surface area contributed by atoms with Crippen LogP contribution in [0.3, 0.4) is 0 Å². The molecule has 0 fully saturated rings. The molecule has 0 radical (unpaired) electrons. The van der Waals surface area contributed by atoms with Crippen LogP contribution in [0.15, 0.2) is 67.4 Å². The molecule has 1 N–H and O–H groups in total. The van der Waals surface area contributed by atoms with Crippen LogP contribution in [0.5, 0.6) is 0 Å². The van der Waals surface area contributed by atoms with Crippen LogP contribution in [-0.2, 0) is 11.2 Å². The lowest BCUT2D eigenvalue weighted by Gasteiger charge is -2.06. The number of carbonyl (C=O) groups excluding carboxylic acids is 1. The van der Waals surface area contributed by atoms with Gasteiger partial charge in [-0.25, -0.2) is 9.97 Å². The smallest absolute Gasteiger partial charge is 0.224 e. The Morgan fingerprint density at radius 2 is 2.00 bits per heavy atom. The molecular weight excluding hydrogens is 276 g/mol. The van der Waals surface area contributed by atoms with E-state index in [0.717, 1.165) is 17.8 Å². The summed E-state index contributed by atoms with van der Waals surface area (Å²) in [6.45, 7) is 0. The van der Waals surface area contributed by atoms with E-state index in [4.69, 9.17) is 0 Å². The first kappa shape index (κ1) is 14.0. The van der Waals surface area contributed by atoms with E-state index in [1.165, 1.54) is 0 Å². The number of benzene rings is 1. The van der Waals surface area contributed by atoms with Gasteiger partial charge in [-0.3, -0.25) is 9.36 Å². The summed E-state index contributed by atoms with van der Waals surface area (Å²) in [7, 11) is 0. The minimum absolute atomic E-state index is 0.0129. The van der Waals surface area contributed by atoms with Gasteiger partial charge in [-0.15, -0.1) is 0 Å². The summed E-state index contributed by atoms with van der Waals surface area (Å²) in [4.78, 5) is 20.2. The summed E-state index contributed by atoms with van der Waals surface area (Å²) in [6.07, 6.45) is 8.03. The molecule has 3 aromatic rings. The van der Waals surface area contributed by atoms with E-state index in [1.54, 1.807) is 23.3 Å². The van der Waals surface area contributed by atoms with Crippen LogP contribution >= 0.6 is 0 Å². The second-order valence-corrected chi connectivity index (χ2v) is 4.91. The Kier molecular flexibility index (Phi) is 4.25. The second kappa shape index (κ2) is 6.67. The molecule has 1 amide bonds. The van der Waals surface area contributed by atoms with E-state index in [1.807, 2.05) is 48.7 Å². The average Bonchev–Trinajstić information content (AvgIpc) is 3.09. The van der Waals surface area contributed by atoms with Crippen molar-refractivity contribution in [3.63, 3.8) is 0 Å². The highest BCUT2D eigenvalue weighted by Gasteiger charge is 2.04. The lowest BCUT2D eigenvalue weighted by atomic mass is 10.1. The van der Waals surface area contributed by atoms with Crippen molar-refractivity contribution >= 4 is 11.6 Å². The van der Waals surface area contributed by atoms with Gasteiger partial charge < -0.3 is 5.32 Å². The maximum Gasteiger partial charge on any atom is 0.224 e. The van der Waals surface area contributed by atoms with Gasteiger partial charge in [0.25, 0.3) is 0 Å². The van der Waals surface area contributed by atoms with Gasteiger partial charge in [-0.2, -0.15) is 0 Å². The molecule has 1 aromatic carbocycles. The van der Waals surface area contributed by atoms with E-state index >= 15 is 0 Å². The first-order chi connectivity index (χ1) is 10.8. The number of nitrogens with zero attached hydrogens (tertiary/aromatic N) is 3. The Balaban J connectivity index is 1.55. The first-order valence-electron chi connectivity index (χ1n) is 7.09. The van der Waals surface area contributed by atoms with Crippen LogP contribution in [0.25, 0.3) is 5.82 Å². The number of anilines is 1. The molecular formula is C17H16N4O. The number of nitrogens with one attached hydrogen (secondary N) is 1. The fraction of sp³-hybridized carbons (Fsp3) is 0.118. The van der Waals surface area contributed by atoms with Gasteiger partial charge in [-0.1, -0.05) is 30.3 Å². The van der Waals surface area contributed by atoms with Crippen molar-refractivity contribution in [3.05, 3.63) is 72.9 Å². The van der Waals surface area contributed by atoms with Crippen molar-refractivity contribution in [2.45, 2.75) is 12.8 Å². The van der Waals surface area contributed by atoms with Crippen LogP contribution in [0.1, 0.15) is 12.0 Å². The van der Waals surface area contributed by atoms with Crippen LogP contribution in [0.4, 0.5) is 5.69 Å². The Labute approximate surface area is 128 Å². The summed E-state index contributed by atoms with van der Waals surface area (Å²) in [5.74, 6) is 0.751. The zero-order chi connectivity index (χ0) is 15.2. The molecule has 2 heterocycles. The number of carbonyl (C=O) groups is 1. The number of aromatic nitrogens is 3. The minimum atomic E-state index is -0.0129. The average molecular weight is 292 g/mol. The molecule has 0 aliphatic rings. The van der Waals surface area contributed by atoms with Gasteiger partial charge in [0.1, 0.15) is 12.1 Å². The summed E-state index contributed by atoms with van der Waals surface area (Å²) >= 11 is 0. The Morgan fingerprint density at radius 1 is 1.14 bits per heavy atom. The third-order valence-corrected chi connectivity index (χ3v) is 3.28. The fourth-order valence-corrected chi connectivity index (χ4v) is 2.13. The lowest BCUT2D eigenvalue weighted by molar-refractivity contribution is -0.116. The zero-order valence-corrected chi connectivity index (χ0v) is 12.0. The molecule has 0 saturated heterocycles. The maximum absolute atomic E-state index is 11.9. The van der Waals surface area contributed by atoms with Gasteiger partial charge in [-0.05, 0) is 24.1 Å². The number of aryl methyl sites for hydroxylation is 1. The van der Waals surface area contributed by atoms with Gasteiger partial charge in [0.05, 0.1) is 11.9 Å². The first-order valence-corrected chi connectivity index (χ1v) is 7.09. The highest BCUT2D eigenvalue weighted by Crippen LogP contribution is 2.10. The number of hydrogen-bond acceptors (Lipinski definition) is 3. The quantitative estimate of drug-likeness (QED) is 0.786. The van der Waals surface area contributed by atoms with Crippen molar-refractivity contribution in [2.24, 2.45) is 0 Å². The number of amides is 1.